The SMILES string of the molecule is FC(F)(F)CN1N=C2C(=Cc3ccccc3)CN(CCc3ccccc3)CC2C1c1ccccc1. The first-order chi connectivity index (χ1) is 17.0. The van der Waals surface area contributed by atoms with Gasteiger partial charge in [0.15, 0.2) is 0 Å². The molecule has 3 aromatic carbocycles. The Bertz CT molecular complexity index is 1170. The summed E-state index contributed by atoms with van der Waals surface area (Å²) in [5.41, 5.74) is 4.92. The van der Waals surface area contributed by atoms with Crippen molar-refractivity contribution in [3.05, 3.63) is 113 Å². The highest BCUT2D eigenvalue weighted by atomic mass is 19.4. The Hall–Kier alpha value is -3.38. The maximum absolute atomic E-state index is 13.6. The number of piperidine rings is 1. The summed E-state index contributed by atoms with van der Waals surface area (Å²) in [4.78, 5) is 2.36. The third-order valence-corrected chi connectivity index (χ3v) is 6.65. The van der Waals surface area contributed by atoms with Crippen molar-refractivity contribution < 1.29 is 13.2 Å². The van der Waals surface area contributed by atoms with Gasteiger partial charge in [-0.05, 0) is 34.8 Å². The maximum Gasteiger partial charge on any atom is 0.407 e. The van der Waals surface area contributed by atoms with Crippen molar-refractivity contribution in [1.82, 2.24) is 9.91 Å². The fraction of sp³-hybridized carbons (Fsp3) is 0.276. The van der Waals surface area contributed by atoms with Crippen LogP contribution in [0.5, 0.6) is 0 Å². The molecule has 1 saturated heterocycles. The van der Waals surface area contributed by atoms with E-state index >= 15 is 0 Å². The van der Waals surface area contributed by atoms with Crippen LogP contribution in [-0.4, -0.2) is 48.0 Å². The molecule has 0 bridgehead atoms. The Kier molecular flexibility index (Phi) is 6.73. The molecule has 6 heteroatoms. The Morgan fingerprint density at radius 3 is 2.14 bits per heavy atom. The van der Waals surface area contributed by atoms with Crippen LogP contribution in [0.1, 0.15) is 22.7 Å². The van der Waals surface area contributed by atoms with Gasteiger partial charge in [-0.3, -0.25) is 9.91 Å². The van der Waals surface area contributed by atoms with E-state index in [1.807, 2.05) is 78.9 Å². The molecule has 35 heavy (non-hydrogen) atoms. The lowest BCUT2D eigenvalue weighted by Crippen LogP contribution is -2.45. The summed E-state index contributed by atoms with van der Waals surface area (Å²) in [6.45, 7) is 1.11. The van der Waals surface area contributed by atoms with Crippen LogP contribution in [0.3, 0.4) is 0 Å². The standard InChI is InChI=1S/C29H28F3N3/c30-29(31,32)21-35-28(24-14-8-3-9-15-24)26-20-34(17-16-22-10-4-1-5-11-22)19-25(27(26)33-35)18-23-12-6-2-7-13-23/h1-15,18,26,28H,16-17,19-21H2. The Labute approximate surface area is 204 Å². The number of benzene rings is 3. The zero-order valence-corrected chi connectivity index (χ0v) is 19.4. The third kappa shape index (κ3) is 5.65. The van der Waals surface area contributed by atoms with Crippen LogP contribution in [0, 0.1) is 5.92 Å². The molecule has 5 rings (SSSR count). The summed E-state index contributed by atoms with van der Waals surface area (Å²) >= 11 is 0. The summed E-state index contributed by atoms with van der Waals surface area (Å²) in [6, 6.07) is 29.3. The maximum atomic E-state index is 13.6. The lowest BCUT2D eigenvalue weighted by molar-refractivity contribution is -0.150. The highest BCUT2D eigenvalue weighted by Gasteiger charge is 2.46. The molecule has 1 fully saturated rings. The molecule has 0 aromatic heterocycles. The molecule has 0 spiro atoms. The van der Waals surface area contributed by atoms with Gasteiger partial charge in [-0.25, -0.2) is 0 Å². The monoisotopic (exact) mass is 475 g/mol. The minimum Gasteiger partial charge on any atom is -0.298 e. The molecule has 3 aromatic rings. The summed E-state index contributed by atoms with van der Waals surface area (Å²) in [6.07, 6.45) is -1.36. The number of hydrogen-bond donors (Lipinski definition) is 0. The first kappa shape index (κ1) is 23.4. The van der Waals surface area contributed by atoms with E-state index in [9.17, 15) is 13.2 Å². The number of alkyl halides is 3. The Morgan fingerprint density at radius 1 is 0.857 bits per heavy atom. The van der Waals surface area contributed by atoms with E-state index in [1.54, 1.807) is 0 Å². The van der Waals surface area contributed by atoms with Crippen LogP contribution >= 0.6 is 0 Å². The van der Waals surface area contributed by atoms with Crippen LogP contribution in [0.25, 0.3) is 6.08 Å². The first-order valence-corrected chi connectivity index (χ1v) is 12.0. The normalized spacial score (nSPS) is 21.7. The van der Waals surface area contributed by atoms with E-state index in [0.29, 0.717) is 13.1 Å². The second-order valence-corrected chi connectivity index (χ2v) is 9.21. The second kappa shape index (κ2) is 10.1. The van der Waals surface area contributed by atoms with E-state index in [-0.39, 0.29) is 5.92 Å². The van der Waals surface area contributed by atoms with E-state index in [1.165, 1.54) is 10.6 Å². The summed E-state index contributed by atoms with van der Waals surface area (Å²) < 4.78 is 40.7. The van der Waals surface area contributed by atoms with Gasteiger partial charge in [0.25, 0.3) is 0 Å². The highest BCUT2D eigenvalue weighted by molar-refractivity contribution is 6.07. The van der Waals surface area contributed by atoms with Gasteiger partial charge in [-0.2, -0.15) is 18.3 Å². The van der Waals surface area contributed by atoms with Gasteiger partial charge in [0.2, 0.25) is 0 Å². The van der Waals surface area contributed by atoms with E-state index in [2.05, 4.69) is 28.2 Å². The van der Waals surface area contributed by atoms with E-state index in [0.717, 1.165) is 35.4 Å². The zero-order valence-electron chi connectivity index (χ0n) is 19.4. The van der Waals surface area contributed by atoms with Gasteiger partial charge < -0.3 is 0 Å². The predicted molar refractivity (Wildman–Crippen MR) is 134 cm³/mol. The van der Waals surface area contributed by atoms with Crippen LogP contribution in [0.15, 0.2) is 102 Å². The van der Waals surface area contributed by atoms with Gasteiger partial charge in [0.1, 0.15) is 6.54 Å². The number of nitrogens with zero attached hydrogens (tertiary/aromatic N) is 3. The molecule has 2 aliphatic rings. The van der Waals surface area contributed by atoms with Crippen LogP contribution < -0.4 is 0 Å². The van der Waals surface area contributed by atoms with Crippen molar-refractivity contribution in [1.29, 1.82) is 0 Å². The number of fused-ring (bicyclic) bond motifs is 1. The van der Waals surface area contributed by atoms with E-state index < -0.39 is 18.8 Å². The van der Waals surface area contributed by atoms with Crippen molar-refractivity contribution in [2.75, 3.05) is 26.2 Å². The topological polar surface area (TPSA) is 18.8 Å². The molecule has 2 heterocycles. The number of halogens is 3. The fourth-order valence-electron chi connectivity index (χ4n) is 5.13. The molecule has 0 saturated carbocycles. The van der Waals surface area contributed by atoms with Gasteiger partial charge in [0.05, 0.1) is 11.8 Å². The average molecular weight is 476 g/mol. The van der Waals surface area contributed by atoms with E-state index in [4.69, 9.17) is 0 Å². The molecule has 0 aliphatic carbocycles. The average Bonchev–Trinajstić information content (AvgIpc) is 3.21. The molecule has 0 radical (unpaired) electrons. The minimum absolute atomic E-state index is 0.140. The van der Waals surface area contributed by atoms with Crippen molar-refractivity contribution in [3.63, 3.8) is 0 Å². The molecule has 180 valence electrons. The van der Waals surface area contributed by atoms with Crippen LogP contribution in [-0.2, 0) is 6.42 Å². The Balaban J connectivity index is 1.50. The van der Waals surface area contributed by atoms with Gasteiger partial charge in [0, 0.05) is 25.6 Å². The number of likely N-dealkylation sites (tertiary alicyclic amines) is 1. The quantitative estimate of drug-likeness (QED) is 0.422. The van der Waals surface area contributed by atoms with Gasteiger partial charge in [-0.1, -0.05) is 91.0 Å². The summed E-state index contributed by atoms with van der Waals surface area (Å²) in [5.74, 6) is -0.140. The molecule has 2 unspecified atom stereocenters. The Morgan fingerprint density at radius 2 is 1.49 bits per heavy atom. The minimum atomic E-state index is -4.33. The summed E-state index contributed by atoms with van der Waals surface area (Å²) in [7, 11) is 0. The van der Waals surface area contributed by atoms with Crippen molar-refractivity contribution in [3.8, 4) is 0 Å². The van der Waals surface area contributed by atoms with Crippen LogP contribution in [0.2, 0.25) is 0 Å². The summed E-state index contributed by atoms with van der Waals surface area (Å²) in [5, 5.41) is 5.88. The molecular formula is C29H28F3N3. The van der Waals surface area contributed by atoms with Crippen LogP contribution in [0.4, 0.5) is 13.2 Å². The molecule has 2 aliphatic heterocycles. The number of hydrazone groups is 1. The predicted octanol–water partition coefficient (Wildman–Crippen LogP) is 6.22. The molecule has 0 N–H and O–H groups in total. The third-order valence-electron chi connectivity index (χ3n) is 6.65. The second-order valence-electron chi connectivity index (χ2n) is 9.21. The highest BCUT2D eigenvalue weighted by Crippen LogP contribution is 2.42. The van der Waals surface area contributed by atoms with Crippen molar-refractivity contribution in [2.45, 2.75) is 18.6 Å². The molecule has 3 nitrogen and oxygen atoms in total. The zero-order chi connectivity index (χ0) is 24.3. The lowest BCUT2D eigenvalue weighted by atomic mass is 9.83. The number of hydrogen-bond acceptors (Lipinski definition) is 3. The smallest absolute Gasteiger partial charge is 0.298 e. The molecular weight excluding hydrogens is 447 g/mol. The molecule has 2 atom stereocenters. The largest absolute Gasteiger partial charge is 0.407 e. The van der Waals surface area contributed by atoms with Gasteiger partial charge >= 0.3 is 6.18 Å². The molecule has 0 amide bonds. The fourth-order valence-corrected chi connectivity index (χ4v) is 5.13. The number of rotatable bonds is 6. The van der Waals surface area contributed by atoms with Crippen molar-refractivity contribution in [2.24, 2.45) is 11.0 Å². The lowest BCUT2D eigenvalue weighted by Gasteiger charge is -2.36. The van der Waals surface area contributed by atoms with Crippen molar-refractivity contribution >= 4 is 11.8 Å². The first-order valence-electron chi connectivity index (χ1n) is 12.0. The van der Waals surface area contributed by atoms with Gasteiger partial charge in [-0.15, -0.1) is 0 Å².